The van der Waals surface area contributed by atoms with Crippen molar-refractivity contribution in [2.24, 2.45) is 39.2 Å². The van der Waals surface area contributed by atoms with Crippen LogP contribution in [0, 0.1) is 33.5 Å². The van der Waals surface area contributed by atoms with Crippen molar-refractivity contribution in [2.75, 3.05) is 12.4 Å². The second kappa shape index (κ2) is 9.67. The first kappa shape index (κ1) is 27.7. The van der Waals surface area contributed by atoms with Crippen LogP contribution in [0.4, 0.5) is 0 Å². The SMILES string of the molecule is CC(C)(C)CC(C(N)O)C(C)(C)C(C)(C)C(C(=O)OCC(O)CS)C(C)(C)C. The van der Waals surface area contributed by atoms with Crippen LogP contribution in [0.1, 0.15) is 75.7 Å². The summed E-state index contributed by atoms with van der Waals surface area (Å²) in [5.41, 5.74) is 4.62. The smallest absolute Gasteiger partial charge is 0.310 e. The molecule has 0 aromatic rings. The number of rotatable bonds is 9. The molecule has 0 saturated heterocycles. The van der Waals surface area contributed by atoms with Gasteiger partial charge in [-0.1, -0.05) is 69.2 Å². The monoisotopic (exact) mass is 419 g/mol. The molecular formula is C22H45NO4S. The Balaban J connectivity index is 6.05. The van der Waals surface area contributed by atoms with E-state index in [-0.39, 0.29) is 35.1 Å². The van der Waals surface area contributed by atoms with Crippen LogP contribution in [-0.4, -0.2) is 40.9 Å². The first-order chi connectivity index (χ1) is 12.3. The van der Waals surface area contributed by atoms with Crippen LogP contribution in [-0.2, 0) is 9.53 Å². The quantitative estimate of drug-likeness (QED) is 0.259. The first-order valence-electron chi connectivity index (χ1n) is 10.2. The standard InChI is InChI=1S/C22H45NO4S/c1-19(2,3)11-15(17(23)25)21(7,8)22(9,10)16(20(4,5)6)18(26)27-12-14(24)13-28/h14-17,24-25,28H,11-13,23H2,1-10H3. The summed E-state index contributed by atoms with van der Waals surface area (Å²) in [5.74, 6) is -0.769. The number of hydrogen-bond donors (Lipinski definition) is 4. The summed E-state index contributed by atoms with van der Waals surface area (Å²) in [4.78, 5) is 13.1. The van der Waals surface area contributed by atoms with Gasteiger partial charge in [-0.2, -0.15) is 12.6 Å². The molecule has 0 rings (SSSR count). The van der Waals surface area contributed by atoms with E-state index in [0.717, 1.165) is 6.42 Å². The summed E-state index contributed by atoms with van der Waals surface area (Å²) >= 11 is 4.04. The number of ether oxygens (including phenoxy) is 1. The largest absolute Gasteiger partial charge is 0.463 e. The molecule has 0 spiro atoms. The van der Waals surface area contributed by atoms with Crippen molar-refractivity contribution in [3.05, 3.63) is 0 Å². The number of carbonyl (C=O) groups is 1. The Morgan fingerprint density at radius 2 is 1.43 bits per heavy atom. The van der Waals surface area contributed by atoms with E-state index in [1.165, 1.54) is 0 Å². The maximum absolute atomic E-state index is 13.1. The lowest BCUT2D eigenvalue weighted by atomic mass is 9.50. The molecule has 0 bridgehead atoms. The maximum Gasteiger partial charge on any atom is 0.310 e. The van der Waals surface area contributed by atoms with Crippen LogP contribution in [0.3, 0.4) is 0 Å². The minimum Gasteiger partial charge on any atom is -0.463 e. The van der Waals surface area contributed by atoms with Crippen molar-refractivity contribution in [1.82, 2.24) is 0 Å². The zero-order valence-electron chi connectivity index (χ0n) is 19.7. The molecule has 0 aliphatic carbocycles. The molecule has 0 aromatic heterocycles. The van der Waals surface area contributed by atoms with E-state index < -0.39 is 29.1 Å². The molecule has 5 nitrogen and oxygen atoms in total. The lowest BCUT2D eigenvalue weighted by Gasteiger charge is -2.55. The van der Waals surface area contributed by atoms with E-state index in [2.05, 4.69) is 61.1 Å². The molecule has 0 saturated carbocycles. The minimum absolute atomic E-state index is 0.0210. The zero-order valence-corrected chi connectivity index (χ0v) is 20.6. The molecule has 28 heavy (non-hydrogen) atoms. The van der Waals surface area contributed by atoms with Crippen LogP contribution in [0.25, 0.3) is 0 Å². The summed E-state index contributed by atoms with van der Waals surface area (Å²) in [7, 11) is 0. The van der Waals surface area contributed by atoms with Crippen molar-refractivity contribution in [3.63, 3.8) is 0 Å². The molecule has 0 radical (unpaired) electrons. The van der Waals surface area contributed by atoms with E-state index in [0.29, 0.717) is 0 Å². The van der Waals surface area contributed by atoms with Gasteiger partial charge in [0.15, 0.2) is 0 Å². The van der Waals surface area contributed by atoms with Gasteiger partial charge in [-0.3, -0.25) is 4.79 Å². The molecule has 0 fully saturated rings. The average molecular weight is 420 g/mol. The van der Waals surface area contributed by atoms with Gasteiger partial charge in [-0.05, 0) is 28.1 Å². The summed E-state index contributed by atoms with van der Waals surface area (Å²) in [6.07, 6.45) is -1.05. The number of aliphatic hydroxyl groups excluding tert-OH is 2. The predicted octanol–water partition coefficient (Wildman–Crippen LogP) is 3.86. The topological polar surface area (TPSA) is 92.8 Å². The Bertz CT molecular complexity index is 504. The van der Waals surface area contributed by atoms with Gasteiger partial charge < -0.3 is 20.7 Å². The highest BCUT2D eigenvalue weighted by Gasteiger charge is 2.55. The molecule has 168 valence electrons. The Morgan fingerprint density at radius 3 is 1.75 bits per heavy atom. The fourth-order valence-corrected chi connectivity index (χ4v) is 4.46. The predicted molar refractivity (Wildman–Crippen MR) is 119 cm³/mol. The highest BCUT2D eigenvalue weighted by atomic mass is 32.1. The Labute approximate surface area is 178 Å². The number of carbonyl (C=O) groups excluding carboxylic acids is 1. The molecule has 0 aliphatic rings. The van der Waals surface area contributed by atoms with Crippen LogP contribution in [0.2, 0.25) is 0 Å². The highest BCUT2D eigenvalue weighted by Crippen LogP contribution is 2.56. The Kier molecular flexibility index (Phi) is 9.57. The third-order valence-electron chi connectivity index (χ3n) is 6.28. The third-order valence-corrected chi connectivity index (χ3v) is 6.71. The van der Waals surface area contributed by atoms with E-state index in [9.17, 15) is 15.0 Å². The number of esters is 1. The van der Waals surface area contributed by atoms with Crippen LogP contribution in [0.15, 0.2) is 0 Å². The second-order valence-corrected chi connectivity index (χ2v) is 11.9. The fourth-order valence-electron chi connectivity index (χ4n) is 4.36. The molecule has 0 aliphatic heterocycles. The van der Waals surface area contributed by atoms with Crippen molar-refractivity contribution < 1.29 is 19.7 Å². The van der Waals surface area contributed by atoms with Gasteiger partial charge in [0.05, 0.1) is 12.0 Å². The van der Waals surface area contributed by atoms with E-state index in [1.807, 2.05) is 20.8 Å². The van der Waals surface area contributed by atoms with Crippen molar-refractivity contribution in [2.45, 2.75) is 88.0 Å². The van der Waals surface area contributed by atoms with Crippen molar-refractivity contribution in [1.29, 1.82) is 0 Å². The summed E-state index contributed by atoms with van der Waals surface area (Å²) < 4.78 is 5.47. The second-order valence-electron chi connectivity index (χ2n) is 11.6. The van der Waals surface area contributed by atoms with Gasteiger partial charge in [0, 0.05) is 11.7 Å². The van der Waals surface area contributed by atoms with E-state index >= 15 is 0 Å². The molecule has 0 aromatic carbocycles. The van der Waals surface area contributed by atoms with Crippen molar-refractivity contribution in [3.8, 4) is 0 Å². The van der Waals surface area contributed by atoms with Gasteiger partial charge in [-0.15, -0.1) is 0 Å². The molecular weight excluding hydrogens is 374 g/mol. The fraction of sp³-hybridized carbons (Fsp3) is 0.955. The van der Waals surface area contributed by atoms with Crippen LogP contribution in [0.5, 0.6) is 0 Å². The molecule has 6 heteroatoms. The van der Waals surface area contributed by atoms with Gasteiger partial charge in [0.2, 0.25) is 0 Å². The van der Waals surface area contributed by atoms with Crippen molar-refractivity contribution >= 4 is 18.6 Å². The third kappa shape index (κ3) is 7.19. The van der Waals surface area contributed by atoms with Gasteiger partial charge in [0.1, 0.15) is 12.8 Å². The molecule has 0 amide bonds. The number of thiol groups is 1. The first-order valence-corrected chi connectivity index (χ1v) is 10.8. The summed E-state index contributed by atoms with van der Waals surface area (Å²) in [6.45, 7) is 20.6. The zero-order chi connectivity index (χ0) is 22.7. The molecule has 4 N–H and O–H groups in total. The number of hydrogen-bond acceptors (Lipinski definition) is 6. The normalized spacial score (nSPS) is 18.4. The van der Waals surface area contributed by atoms with Gasteiger partial charge in [-0.25, -0.2) is 0 Å². The molecule has 4 atom stereocenters. The van der Waals surface area contributed by atoms with Crippen LogP contribution >= 0.6 is 12.6 Å². The molecule has 0 heterocycles. The lowest BCUT2D eigenvalue weighted by Crippen LogP contribution is -2.55. The van der Waals surface area contributed by atoms with Gasteiger partial charge in [0.25, 0.3) is 0 Å². The van der Waals surface area contributed by atoms with Crippen LogP contribution < -0.4 is 5.73 Å². The Morgan fingerprint density at radius 1 is 0.964 bits per heavy atom. The van der Waals surface area contributed by atoms with Gasteiger partial charge >= 0.3 is 5.97 Å². The number of aliphatic hydroxyl groups is 2. The van der Waals surface area contributed by atoms with E-state index in [4.69, 9.17) is 10.5 Å². The Hall–Kier alpha value is -0.300. The van der Waals surface area contributed by atoms with E-state index in [1.54, 1.807) is 0 Å². The highest BCUT2D eigenvalue weighted by molar-refractivity contribution is 7.80. The minimum atomic E-state index is -0.990. The lowest BCUT2D eigenvalue weighted by molar-refractivity contribution is -0.172. The summed E-state index contributed by atoms with van der Waals surface area (Å²) in [5, 5.41) is 20.2. The maximum atomic E-state index is 13.1. The molecule has 4 unspecified atom stereocenters. The number of nitrogens with two attached hydrogens (primary N) is 1. The summed E-state index contributed by atoms with van der Waals surface area (Å²) in [6, 6.07) is 0. The average Bonchev–Trinajstić information content (AvgIpc) is 2.47.